The summed E-state index contributed by atoms with van der Waals surface area (Å²) in [7, 11) is 0. The molecule has 0 bridgehead atoms. The number of hydrogen-bond acceptors (Lipinski definition) is 2. The SMILES string of the molecule is OC[C@@H]1OC12CCC2. The molecule has 1 saturated carbocycles. The van der Waals surface area contributed by atoms with E-state index < -0.39 is 0 Å². The lowest BCUT2D eigenvalue weighted by Gasteiger charge is -2.21. The van der Waals surface area contributed by atoms with Gasteiger partial charge in [-0.2, -0.15) is 0 Å². The van der Waals surface area contributed by atoms with E-state index in [4.69, 9.17) is 9.84 Å². The van der Waals surface area contributed by atoms with Crippen molar-refractivity contribution in [3.8, 4) is 0 Å². The summed E-state index contributed by atoms with van der Waals surface area (Å²) in [4.78, 5) is 0. The van der Waals surface area contributed by atoms with Gasteiger partial charge in [-0.25, -0.2) is 0 Å². The molecule has 0 aromatic rings. The monoisotopic (exact) mass is 114 g/mol. The van der Waals surface area contributed by atoms with Gasteiger partial charge in [0.25, 0.3) is 0 Å². The molecule has 46 valence electrons. The van der Waals surface area contributed by atoms with Crippen molar-refractivity contribution in [3.05, 3.63) is 0 Å². The summed E-state index contributed by atoms with van der Waals surface area (Å²) in [6.07, 6.45) is 3.85. The highest BCUT2D eigenvalue weighted by molar-refractivity contribution is 5.07. The molecule has 0 unspecified atom stereocenters. The number of epoxide rings is 1. The number of ether oxygens (including phenoxy) is 1. The Hall–Kier alpha value is -0.0800. The molecular weight excluding hydrogens is 104 g/mol. The van der Waals surface area contributed by atoms with E-state index in [1.165, 1.54) is 19.3 Å². The second kappa shape index (κ2) is 1.25. The number of hydrogen-bond donors (Lipinski definition) is 1. The first-order chi connectivity index (χ1) is 3.87. The van der Waals surface area contributed by atoms with Gasteiger partial charge < -0.3 is 9.84 Å². The highest BCUT2D eigenvalue weighted by atomic mass is 16.6. The fraction of sp³-hybridized carbons (Fsp3) is 1.00. The van der Waals surface area contributed by atoms with Gasteiger partial charge in [0, 0.05) is 0 Å². The number of rotatable bonds is 1. The van der Waals surface area contributed by atoms with E-state index in [9.17, 15) is 0 Å². The molecule has 1 aliphatic carbocycles. The molecular formula is C6H10O2. The summed E-state index contributed by atoms with van der Waals surface area (Å²) in [5, 5.41) is 8.58. The van der Waals surface area contributed by atoms with E-state index in [1.54, 1.807) is 0 Å². The summed E-state index contributed by atoms with van der Waals surface area (Å²) >= 11 is 0. The molecule has 1 heterocycles. The van der Waals surface area contributed by atoms with E-state index in [0.717, 1.165) is 0 Å². The Morgan fingerprint density at radius 1 is 1.62 bits per heavy atom. The lowest BCUT2D eigenvalue weighted by atomic mass is 9.82. The molecule has 0 aromatic carbocycles. The zero-order chi connectivity index (χ0) is 5.61. The van der Waals surface area contributed by atoms with Crippen LogP contribution >= 0.6 is 0 Å². The minimum absolute atomic E-state index is 0.189. The maximum Gasteiger partial charge on any atom is 0.110 e. The van der Waals surface area contributed by atoms with E-state index in [0.29, 0.717) is 0 Å². The van der Waals surface area contributed by atoms with Gasteiger partial charge >= 0.3 is 0 Å². The van der Waals surface area contributed by atoms with Crippen molar-refractivity contribution in [1.29, 1.82) is 0 Å². The minimum atomic E-state index is 0.189. The van der Waals surface area contributed by atoms with Gasteiger partial charge in [0.1, 0.15) is 6.10 Å². The average molecular weight is 114 g/mol. The van der Waals surface area contributed by atoms with Gasteiger partial charge in [-0.05, 0) is 19.3 Å². The van der Waals surface area contributed by atoms with Gasteiger partial charge in [0.15, 0.2) is 0 Å². The Kier molecular flexibility index (Phi) is 0.746. The van der Waals surface area contributed by atoms with E-state index in [-0.39, 0.29) is 18.3 Å². The molecule has 0 aromatic heterocycles. The van der Waals surface area contributed by atoms with Crippen LogP contribution in [-0.4, -0.2) is 23.4 Å². The number of aliphatic hydroxyl groups excluding tert-OH is 1. The van der Waals surface area contributed by atoms with Crippen LogP contribution in [-0.2, 0) is 4.74 Å². The molecule has 1 saturated heterocycles. The van der Waals surface area contributed by atoms with Gasteiger partial charge in [-0.3, -0.25) is 0 Å². The maximum atomic E-state index is 8.58. The van der Waals surface area contributed by atoms with Crippen LogP contribution in [0.15, 0.2) is 0 Å². The topological polar surface area (TPSA) is 32.8 Å². The van der Waals surface area contributed by atoms with Crippen molar-refractivity contribution in [2.75, 3.05) is 6.61 Å². The van der Waals surface area contributed by atoms with E-state index >= 15 is 0 Å². The number of aliphatic hydroxyl groups is 1. The summed E-state index contributed by atoms with van der Waals surface area (Å²) in [5.74, 6) is 0. The fourth-order valence-corrected chi connectivity index (χ4v) is 1.42. The smallest absolute Gasteiger partial charge is 0.110 e. The summed E-state index contributed by atoms with van der Waals surface area (Å²) in [6, 6.07) is 0. The third-order valence-electron chi connectivity index (χ3n) is 2.27. The largest absolute Gasteiger partial charge is 0.394 e. The first-order valence-electron chi connectivity index (χ1n) is 3.16. The highest BCUT2D eigenvalue weighted by Gasteiger charge is 2.59. The molecule has 1 aliphatic heterocycles. The van der Waals surface area contributed by atoms with Crippen molar-refractivity contribution in [2.45, 2.75) is 31.0 Å². The zero-order valence-electron chi connectivity index (χ0n) is 4.76. The molecule has 8 heavy (non-hydrogen) atoms. The van der Waals surface area contributed by atoms with Gasteiger partial charge in [0.2, 0.25) is 0 Å². The molecule has 0 radical (unpaired) electrons. The average Bonchev–Trinajstić information content (AvgIpc) is 2.36. The second-order valence-electron chi connectivity index (χ2n) is 2.71. The highest BCUT2D eigenvalue weighted by Crippen LogP contribution is 2.51. The molecule has 1 N–H and O–H groups in total. The molecule has 2 rings (SSSR count). The third-order valence-corrected chi connectivity index (χ3v) is 2.27. The first kappa shape index (κ1) is 4.77. The summed E-state index contributed by atoms with van der Waals surface area (Å²) in [5.41, 5.74) is 0.189. The quantitative estimate of drug-likeness (QED) is 0.497. The normalized spacial score (nSPS) is 39.4. The second-order valence-corrected chi connectivity index (χ2v) is 2.71. The Morgan fingerprint density at radius 3 is 2.50 bits per heavy atom. The maximum absolute atomic E-state index is 8.58. The Morgan fingerprint density at radius 2 is 2.38 bits per heavy atom. The summed E-state index contributed by atoms with van der Waals surface area (Å²) < 4.78 is 5.24. The zero-order valence-corrected chi connectivity index (χ0v) is 4.76. The van der Waals surface area contributed by atoms with Crippen LogP contribution in [0.25, 0.3) is 0 Å². The van der Waals surface area contributed by atoms with Crippen molar-refractivity contribution < 1.29 is 9.84 Å². The predicted octanol–water partition coefficient (Wildman–Crippen LogP) is 0.300. The molecule has 2 aliphatic rings. The minimum Gasteiger partial charge on any atom is -0.394 e. The van der Waals surface area contributed by atoms with Gasteiger partial charge in [-0.1, -0.05) is 0 Å². The van der Waals surface area contributed by atoms with Gasteiger partial charge in [-0.15, -0.1) is 0 Å². The molecule has 2 nitrogen and oxygen atoms in total. The van der Waals surface area contributed by atoms with Crippen LogP contribution < -0.4 is 0 Å². The van der Waals surface area contributed by atoms with Crippen LogP contribution in [0, 0.1) is 0 Å². The van der Waals surface area contributed by atoms with Crippen LogP contribution in [0.5, 0.6) is 0 Å². The van der Waals surface area contributed by atoms with E-state index in [1.807, 2.05) is 0 Å². The Balaban J connectivity index is 1.93. The lowest BCUT2D eigenvalue weighted by Crippen LogP contribution is -2.25. The molecule has 1 atom stereocenters. The standard InChI is InChI=1S/C6H10O2/c7-4-5-6(8-5)2-1-3-6/h5,7H,1-4H2/t5-/m0/s1. The Labute approximate surface area is 48.5 Å². The van der Waals surface area contributed by atoms with Crippen molar-refractivity contribution >= 4 is 0 Å². The van der Waals surface area contributed by atoms with Crippen molar-refractivity contribution in [1.82, 2.24) is 0 Å². The lowest BCUT2D eigenvalue weighted by molar-refractivity contribution is 0.193. The molecule has 1 spiro atoms. The summed E-state index contributed by atoms with van der Waals surface area (Å²) in [6.45, 7) is 0.222. The predicted molar refractivity (Wildman–Crippen MR) is 28.5 cm³/mol. The Bertz CT molecular complexity index is 107. The molecule has 0 amide bonds. The van der Waals surface area contributed by atoms with Gasteiger partial charge in [0.05, 0.1) is 12.2 Å². The molecule has 2 heteroatoms. The van der Waals surface area contributed by atoms with Crippen LogP contribution in [0.4, 0.5) is 0 Å². The van der Waals surface area contributed by atoms with Crippen LogP contribution in [0.2, 0.25) is 0 Å². The fourth-order valence-electron chi connectivity index (χ4n) is 1.42. The third kappa shape index (κ3) is 0.400. The van der Waals surface area contributed by atoms with E-state index in [2.05, 4.69) is 0 Å². The molecule has 2 fully saturated rings. The van der Waals surface area contributed by atoms with Crippen molar-refractivity contribution in [3.63, 3.8) is 0 Å². The first-order valence-corrected chi connectivity index (χ1v) is 3.16. The van der Waals surface area contributed by atoms with Crippen molar-refractivity contribution in [2.24, 2.45) is 0 Å². The van der Waals surface area contributed by atoms with Crippen LogP contribution in [0.1, 0.15) is 19.3 Å². The van der Waals surface area contributed by atoms with Crippen LogP contribution in [0.3, 0.4) is 0 Å².